The molecule has 0 aromatic heterocycles. The molecule has 1 amide bonds. The first kappa shape index (κ1) is 13.2. The van der Waals surface area contributed by atoms with Crippen molar-refractivity contribution in [3.63, 3.8) is 0 Å². The number of carbonyl (C=O) groups is 1. The number of hydrogen-bond acceptors (Lipinski definition) is 2. The third kappa shape index (κ3) is 3.63. The fraction of sp³-hybridized carbons (Fsp3) is 0.133. The quantitative estimate of drug-likeness (QED) is 0.883. The summed E-state index contributed by atoms with van der Waals surface area (Å²) in [6.07, 6.45) is 0. The second kappa shape index (κ2) is 6.11. The lowest BCUT2D eigenvalue weighted by Gasteiger charge is -2.06. The van der Waals surface area contributed by atoms with E-state index in [1.807, 2.05) is 24.3 Å². The molecule has 0 aliphatic carbocycles. The van der Waals surface area contributed by atoms with Crippen molar-refractivity contribution >= 4 is 5.91 Å². The number of halogens is 1. The van der Waals surface area contributed by atoms with Crippen molar-refractivity contribution in [3.05, 3.63) is 71.0 Å². The van der Waals surface area contributed by atoms with E-state index >= 15 is 0 Å². The summed E-state index contributed by atoms with van der Waals surface area (Å²) in [6.45, 7) is 0.934. The zero-order valence-corrected chi connectivity index (χ0v) is 10.4. The topological polar surface area (TPSA) is 55.1 Å². The van der Waals surface area contributed by atoms with Crippen LogP contribution in [0.5, 0.6) is 0 Å². The number of nitrogens with two attached hydrogens (primary N) is 1. The molecule has 0 atom stereocenters. The van der Waals surface area contributed by atoms with Gasteiger partial charge in [-0.2, -0.15) is 0 Å². The maximum atomic E-state index is 12.7. The van der Waals surface area contributed by atoms with E-state index in [1.54, 1.807) is 0 Å². The standard InChI is InChI=1S/C15H15FN2O/c16-14-7-5-13(6-8-14)15(19)18-10-12-3-1-11(9-17)2-4-12/h1-8H,9-10,17H2,(H,18,19). The molecule has 0 fully saturated rings. The van der Waals surface area contributed by atoms with E-state index in [1.165, 1.54) is 24.3 Å². The molecule has 0 saturated carbocycles. The second-order valence-electron chi connectivity index (χ2n) is 4.21. The van der Waals surface area contributed by atoms with Crippen molar-refractivity contribution in [2.75, 3.05) is 0 Å². The lowest BCUT2D eigenvalue weighted by molar-refractivity contribution is 0.0951. The molecule has 3 nitrogen and oxygen atoms in total. The van der Waals surface area contributed by atoms with Crippen LogP contribution >= 0.6 is 0 Å². The van der Waals surface area contributed by atoms with Crippen molar-refractivity contribution < 1.29 is 9.18 Å². The van der Waals surface area contributed by atoms with E-state index in [2.05, 4.69) is 5.32 Å². The summed E-state index contributed by atoms with van der Waals surface area (Å²) in [5.41, 5.74) is 8.00. The minimum absolute atomic E-state index is 0.220. The minimum Gasteiger partial charge on any atom is -0.348 e. The average Bonchev–Trinajstić information content (AvgIpc) is 2.46. The summed E-state index contributed by atoms with van der Waals surface area (Å²) in [5.74, 6) is -0.572. The van der Waals surface area contributed by atoms with Gasteiger partial charge < -0.3 is 11.1 Å². The predicted octanol–water partition coefficient (Wildman–Crippen LogP) is 2.21. The molecule has 98 valence electrons. The molecular formula is C15H15FN2O. The zero-order chi connectivity index (χ0) is 13.7. The Bertz CT molecular complexity index is 549. The Balaban J connectivity index is 1.94. The van der Waals surface area contributed by atoms with Crippen LogP contribution in [0.15, 0.2) is 48.5 Å². The summed E-state index contributed by atoms with van der Waals surface area (Å²) in [7, 11) is 0. The Morgan fingerprint density at radius 2 is 1.58 bits per heavy atom. The van der Waals surface area contributed by atoms with Gasteiger partial charge in [0.25, 0.3) is 5.91 Å². The van der Waals surface area contributed by atoms with Crippen LogP contribution in [-0.2, 0) is 13.1 Å². The molecule has 2 aromatic rings. The van der Waals surface area contributed by atoms with Gasteiger partial charge >= 0.3 is 0 Å². The highest BCUT2D eigenvalue weighted by Gasteiger charge is 2.04. The summed E-state index contributed by atoms with van der Waals surface area (Å²) in [4.78, 5) is 11.8. The summed E-state index contributed by atoms with van der Waals surface area (Å²) < 4.78 is 12.7. The summed E-state index contributed by atoms with van der Waals surface area (Å²) >= 11 is 0. The Hall–Kier alpha value is -2.20. The predicted molar refractivity (Wildman–Crippen MR) is 71.9 cm³/mol. The first-order valence-corrected chi connectivity index (χ1v) is 6.00. The number of hydrogen-bond donors (Lipinski definition) is 2. The number of rotatable bonds is 4. The molecule has 19 heavy (non-hydrogen) atoms. The van der Waals surface area contributed by atoms with Crippen LogP contribution in [0.1, 0.15) is 21.5 Å². The van der Waals surface area contributed by atoms with Crippen LogP contribution in [0, 0.1) is 5.82 Å². The van der Waals surface area contributed by atoms with Gasteiger partial charge in [-0.3, -0.25) is 4.79 Å². The second-order valence-corrected chi connectivity index (χ2v) is 4.21. The Labute approximate surface area is 111 Å². The third-order valence-corrected chi connectivity index (χ3v) is 2.82. The van der Waals surface area contributed by atoms with E-state index in [0.717, 1.165) is 11.1 Å². The van der Waals surface area contributed by atoms with Crippen molar-refractivity contribution in [1.29, 1.82) is 0 Å². The Kier molecular flexibility index (Phi) is 4.26. The largest absolute Gasteiger partial charge is 0.348 e. The van der Waals surface area contributed by atoms with Gasteiger partial charge in [-0.1, -0.05) is 24.3 Å². The van der Waals surface area contributed by atoms with Crippen molar-refractivity contribution in [3.8, 4) is 0 Å². The van der Waals surface area contributed by atoms with Crippen LogP contribution in [0.3, 0.4) is 0 Å². The van der Waals surface area contributed by atoms with Crippen LogP contribution in [0.4, 0.5) is 4.39 Å². The highest BCUT2D eigenvalue weighted by molar-refractivity contribution is 5.94. The van der Waals surface area contributed by atoms with Crippen LogP contribution in [-0.4, -0.2) is 5.91 Å². The molecule has 4 heteroatoms. The van der Waals surface area contributed by atoms with Crippen molar-refractivity contribution in [2.24, 2.45) is 5.73 Å². The van der Waals surface area contributed by atoms with Gasteiger partial charge in [0.1, 0.15) is 5.82 Å². The molecule has 0 spiro atoms. The van der Waals surface area contributed by atoms with Gasteiger partial charge in [0, 0.05) is 18.7 Å². The molecule has 3 N–H and O–H groups in total. The van der Waals surface area contributed by atoms with Crippen molar-refractivity contribution in [2.45, 2.75) is 13.1 Å². The van der Waals surface area contributed by atoms with Gasteiger partial charge in [0.15, 0.2) is 0 Å². The SMILES string of the molecule is NCc1ccc(CNC(=O)c2ccc(F)cc2)cc1. The molecule has 2 rings (SSSR count). The minimum atomic E-state index is -0.353. The van der Waals surface area contributed by atoms with E-state index in [9.17, 15) is 9.18 Å². The number of amides is 1. The van der Waals surface area contributed by atoms with Gasteiger partial charge in [0.2, 0.25) is 0 Å². The van der Waals surface area contributed by atoms with E-state index in [0.29, 0.717) is 18.7 Å². The van der Waals surface area contributed by atoms with E-state index < -0.39 is 0 Å². The Morgan fingerprint density at radius 3 is 2.16 bits per heavy atom. The maximum absolute atomic E-state index is 12.7. The lowest BCUT2D eigenvalue weighted by Crippen LogP contribution is -2.22. The molecule has 0 aliphatic heterocycles. The average molecular weight is 258 g/mol. The molecule has 2 aromatic carbocycles. The highest BCUT2D eigenvalue weighted by atomic mass is 19.1. The number of nitrogens with one attached hydrogen (secondary N) is 1. The molecule has 0 saturated heterocycles. The summed E-state index contributed by atoms with van der Waals surface area (Å²) in [6, 6.07) is 13.2. The van der Waals surface area contributed by atoms with Crippen LogP contribution < -0.4 is 11.1 Å². The van der Waals surface area contributed by atoms with Crippen molar-refractivity contribution in [1.82, 2.24) is 5.32 Å². The molecule has 0 unspecified atom stereocenters. The lowest BCUT2D eigenvalue weighted by atomic mass is 10.1. The number of carbonyl (C=O) groups excluding carboxylic acids is 1. The fourth-order valence-corrected chi connectivity index (χ4v) is 1.68. The molecule has 0 heterocycles. The van der Waals surface area contributed by atoms with E-state index in [-0.39, 0.29) is 11.7 Å². The van der Waals surface area contributed by atoms with E-state index in [4.69, 9.17) is 5.73 Å². The van der Waals surface area contributed by atoms with Crippen LogP contribution in [0.25, 0.3) is 0 Å². The first-order chi connectivity index (χ1) is 9.19. The third-order valence-electron chi connectivity index (χ3n) is 2.82. The maximum Gasteiger partial charge on any atom is 0.251 e. The van der Waals surface area contributed by atoms with Gasteiger partial charge in [-0.15, -0.1) is 0 Å². The number of benzene rings is 2. The molecule has 0 bridgehead atoms. The Morgan fingerprint density at radius 1 is 1.00 bits per heavy atom. The van der Waals surface area contributed by atoms with Gasteiger partial charge in [-0.05, 0) is 35.4 Å². The first-order valence-electron chi connectivity index (χ1n) is 6.00. The van der Waals surface area contributed by atoms with Gasteiger partial charge in [0.05, 0.1) is 0 Å². The fourth-order valence-electron chi connectivity index (χ4n) is 1.68. The molecular weight excluding hydrogens is 243 g/mol. The molecule has 0 radical (unpaired) electrons. The zero-order valence-electron chi connectivity index (χ0n) is 10.4. The monoisotopic (exact) mass is 258 g/mol. The molecule has 0 aliphatic rings. The smallest absolute Gasteiger partial charge is 0.251 e. The van der Waals surface area contributed by atoms with Gasteiger partial charge in [-0.25, -0.2) is 4.39 Å². The summed E-state index contributed by atoms with van der Waals surface area (Å²) in [5, 5.41) is 2.78. The highest BCUT2D eigenvalue weighted by Crippen LogP contribution is 2.05. The van der Waals surface area contributed by atoms with Crippen LogP contribution in [0.2, 0.25) is 0 Å². The normalized spacial score (nSPS) is 10.2.